The predicted octanol–water partition coefficient (Wildman–Crippen LogP) is 1.98. The number of carbonyl (C=O) groups excluding carboxylic acids is 1. The van der Waals surface area contributed by atoms with Crippen molar-refractivity contribution in [2.75, 3.05) is 12.9 Å². The number of hydrogen-bond donors (Lipinski definition) is 1. The number of ether oxygens (including phenoxy) is 1. The number of rotatable bonds is 5. The van der Waals surface area contributed by atoms with Crippen LogP contribution >= 0.6 is 11.8 Å². The number of hydrogen-bond acceptors (Lipinski definition) is 4. The van der Waals surface area contributed by atoms with E-state index in [4.69, 9.17) is 0 Å². The fourth-order valence-electron chi connectivity index (χ4n) is 1.81. The molecule has 1 aliphatic carbocycles. The second-order valence-electron chi connectivity index (χ2n) is 4.03. The van der Waals surface area contributed by atoms with Crippen molar-refractivity contribution in [2.24, 2.45) is 0 Å². The number of methoxy groups -OCH3 is 1. The smallest absolute Gasteiger partial charge is 0.308 e. The highest BCUT2D eigenvalue weighted by molar-refractivity contribution is 7.99. The van der Waals surface area contributed by atoms with Gasteiger partial charge in [-0.2, -0.15) is 11.8 Å². The molecule has 0 heterocycles. The van der Waals surface area contributed by atoms with Crippen LogP contribution in [0.15, 0.2) is 0 Å². The van der Waals surface area contributed by atoms with Gasteiger partial charge in [-0.25, -0.2) is 0 Å². The summed E-state index contributed by atoms with van der Waals surface area (Å²) in [5, 5.41) is 10.2. The highest BCUT2D eigenvalue weighted by Gasteiger charge is 2.17. The molecule has 1 saturated carbocycles. The van der Waals surface area contributed by atoms with Crippen molar-refractivity contribution in [3.8, 4) is 0 Å². The molecule has 1 atom stereocenters. The van der Waals surface area contributed by atoms with Crippen LogP contribution in [0.1, 0.15) is 38.5 Å². The van der Waals surface area contributed by atoms with Crippen LogP contribution < -0.4 is 0 Å². The summed E-state index contributed by atoms with van der Waals surface area (Å²) < 4.78 is 4.50. The van der Waals surface area contributed by atoms with E-state index in [1.165, 1.54) is 39.2 Å². The third-order valence-corrected chi connectivity index (χ3v) is 4.23. The van der Waals surface area contributed by atoms with E-state index in [0.29, 0.717) is 11.0 Å². The quantitative estimate of drug-likeness (QED) is 0.736. The van der Waals surface area contributed by atoms with Crippen molar-refractivity contribution in [3.63, 3.8) is 0 Å². The standard InChI is InChI=1S/C11H20O3S/c1-14-11(13)7-9(12)8-15-10-5-3-2-4-6-10/h9-10,12H,2-8H2,1H3/t9-/m1/s1. The van der Waals surface area contributed by atoms with Crippen molar-refractivity contribution in [1.29, 1.82) is 0 Å². The van der Waals surface area contributed by atoms with Crippen LogP contribution in [0.3, 0.4) is 0 Å². The molecule has 0 bridgehead atoms. The van der Waals surface area contributed by atoms with E-state index in [9.17, 15) is 9.90 Å². The Bertz CT molecular complexity index is 190. The van der Waals surface area contributed by atoms with Crippen LogP contribution in [-0.4, -0.2) is 35.3 Å². The maximum Gasteiger partial charge on any atom is 0.308 e. The SMILES string of the molecule is COC(=O)C[C@@H](O)CSC1CCCCC1. The summed E-state index contributed by atoms with van der Waals surface area (Å²) in [6.07, 6.45) is 6.06. The molecule has 0 aliphatic heterocycles. The zero-order chi connectivity index (χ0) is 11.1. The molecule has 0 saturated heterocycles. The molecule has 0 aromatic carbocycles. The molecule has 0 radical (unpaired) electrons. The Balaban J connectivity index is 2.09. The van der Waals surface area contributed by atoms with Gasteiger partial charge in [-0.15, -0.1) is 0 Å². The Kier molecular flexibility index (Phi) is 6.10. The second-order valence-corrected chi connectivity index (χ2v) is 5.36. The van der Waals surface area contributed by atoms with Crippen LogP contribution in [0.25, 0.3) is 0 Å². The molecule has 4 heteroatoms. The zero-order valence-electron chi connectivity index (χ0n) is 9.28. The maximum absolute atomic E-state index is 10.9. The molecule has 1 fully saturated rings. The van der Waals surface area contributed by atoms with Crippen molar-refractivity contribution in [3.05, 3.63) is 0 Å². The van der Waals surface area contributed by atoms with Crippen LogP contribution in [0.5, 0.6) is 0 Å². The minimum atomic E-state index is -0.552. The molecule has 0 aromatic heterocycles. The number of carbonyl (C=O) groups is 1. The Morgan fingerprint density at radius 3 is 2.73 bits per heavy atom. The summed E-state index contributed by atoms with van der Waals surface area (Å²) in [5.41, 5.74) is 0. The summed E-state index contributed by atoms with van der Waals surface area (Å²) in [5.74, 6) is 0.325. The highest BCUT2D eigenvalue weighted by Crippen LogP contribution is 2.28. The lowest BCUT2D eigenvalue weighted by atomic mass is 10.0. The number of aliphatic hydroxyl groups excluding tert-OH is 1. The van der Waals surface area contributed by atoms with Gasteiger partial charge in [0.15, 0.2) is 0 Å². The largest absolute Gasteiger partial charge is 0.469 e. The van der Waals surface area contributed by atoms with Gasteiger partial charge in [0.1, 0.15) is 0 Å². The Morgan fingerprint density at radius 2 is 2.13 bits per heavy atom. The fraction of sp³-hybridized carbons (Fsp3) is 0.909. The average molecular weight is 232 g/mol. The lowest BCUT2D eigenvalue weighted by Crippen LogP contribution is -2.19. The van der Waals surface area contributed by atoms with Gasteiger partial charge >= 0.3 is 5.97 Å². The van der Waals surface area contributed by atoms with Gasteiger partial charge in [-0.1, -0.05) is 19.3 Å². The molecular formula is C11H20O3S. The van der Waals surface area contributed by atoms with E-state index in [1.54, 1.807) is 11.8 Å². The molecule has 0 aromatic rings. The average Bonchev–Trinajstić information content (AvgIpc) is 2.27. The van der Waals surface area contributed by atoms with Gasteiger partial charge < -0.3 is 9.84 Å². The molecule has 0 amide bonds. The Morgan fingerprint density at radius 1 is 1.47 bits per heavy atom. The fourth-order valence-corrected chi connectivity index (χ4v) is 3.09. The summed E-state index contributed by atoms with van der Waals surface area (Å²) in [6, 6.07) is 0. The van der Waals surface area contributed by atoms with Gasteiger partial charge in [-0.3, -0.25) is 4.79 Å². The van der Waals surface area contributed by atoms with E-state index < -0.39 is 6.10 Å². The maximum atomic E-state index is 10.9. The zero-order valence-corrected chi connectivity index (χ0v) is 10.1. The van der Waals surface area contributed by atoms with Gasteiger partial charge in [-0.05, 0) is 12.8 Å². The van der Waals surface area contributed by atoms with Crippen molar-refractivity contribution in [2.45, 2.75) is 49.9 Å². The first-order valence-corrected chi connectivity index (χ1v) is 6.63. The lowest BCUT2D eigenvalue weighted by Gasteiger charge is -2.21. The molecule has 1 N–H and O–H groups in total. The van der Waals surface area contributed by atoms with Crippen molar-refractivity contribution in [1.82, 2.24) is 0 Å². The van der Waals surface area contributed by atoms with Crippen LogP contribution in [0, 0.1) is 0 Å². The molecular weight excluding hydrogens is 212 g/mol. The van der Waals surface area contributed by atoms with Crippen molar-refractivity contribution >= 4 is 17.7 Å². The van der Waals surface area contributed by atoms with Crippen LogP contribution in [-0.2, 0) is 9.53 Å². The lowest BCUT2D eigenvalue weighted by molar-refractivity contribution is -0.142. The summed E-state index contributed by atoms with van der Waals surface area (Å²) in [4.78, 5) is 10.9. The molecule has 1 aliphatic rings. The molecule has 0 spiro atoms. The Labute approximate surface area is 95.6 Å². The molecule has 15 heavy (non-hydrogen) atoms. The molecule has 1 rings (SSSR count). The first-order chi connectivity index (χ1) is 7.22. The third kappa shape index (κ3) is 5.42. The molecule has 88 valence electrons. The van der Waals surface area contributed by atoms with Crippen LogP contribution in [0.2, 0.25) is 0 Å². The first-order valence-electron chi connectivity index (χ1n) is 5.59. The summed E-state index contributed by atoms with van der Waals surface area (Å²) >= 11 is 1.80. The number of esters is 1. The second kappa shape index (κ2) is 7.12. The van der Waals surface area contributed by atoms with E-state index in [1.807, 2.05) is 0 Å². The minimum Gasteiger partial charge on any atom is -0.469 e. The van der Waals surface area contributed by atoms with Crippen molar-refractivity contribution < 1.29 is 14.6 Å². The highest BCUT2D eigenvalue weighted by atomic mass is 32.2. The van der Waals surface area contributed by atoms with Gasteiger partial charge in [0.05, 0.1) is 19.6 Å². The van der Waals surface area contributed by atoms with E-state index >= 15 is 0 Å². The number of thioether (sulfide) groups is 1. The predicted molar refractivity (Wildman–Crippen MR) is 62.0 cm³/mol. The molecule has 3 nitrogen and oxygen atoms in total. The van der Waals surface area contributed by atoms with E-state index in [0.717, 1.165) is 0 Å². The van der Waals surface area contributed by atoms with Crippen LogP contribution in [0.4, 0.5) is 0 Å². The Hall–Kier alpha value is -0.220. The molecule has 0 unspecified atom stereocenters. The third-order valence-electron chi connectivity index (χ3n) is 2.71. The topological polar surface area (TPSA) is 46.5 Å². The van der Waals surface area contributed by atoms with E-state index in [-0.39, 0.29) is 12.4 Å². The summed E-state index contributed by atoms with van der Waals surface area (Å²) in [6.45, 7) is 0. The number of aliphatic hydroxyl groups is 1. The monoisotopic (exact) mass is 232 g/mol. The normalized spacial score (nSPS) is 19.9. The van der Waals surface area contributed by atoms with Gasteiger partial charge in [0, 0.05) is 11.0 Å². The minimum absolute atomic E-state index is 0.121. The van der Waals surface area contributed by atoms with Gasteiger partial charge in [0.2, 0.25) is 0 Å². The summed E-state index contributed by atoms with van der Waals surface area (Å²) in [7, 11) is 1.35. The van der Waals surface area contributed by atoms with E-state index in [2.05, 4.69) is 4.74 Å². The first kappa shape index (κ1) is 12.8. The van der Waals surface area contributed by atoms with Gasteiger partial charge in [0.25, 0.3) is 0 Å².